The minimum Gasteiger partial charge on any atom is -0.496 e. The molecule has 20 heavy (non-hydrogen) atoms. The Hall–Kier alpha value is -1.68. The highest BCUT2D eigenvalue weighted by Gasteiger charge is 2.09. The van der Waals surface area contributed by atoms with E-state index in [2.05, 4.69) is 0 Å². The van der Waals surface area contributed by atoms with Crippen LogP contribution in [0.2, 0.25) is 0 Å². The quantitative estimate of drug-likeness (QED) is 0.816. The lowest BCUT2D eigenvalue weighted by Gasteiger charge is -2.08. The molecule has 0 bridgehead atoms. The number of benzene rings is 2. The third-order valence-electron chi connectivity index (χ3n) is 3.02. The van der Waals surface area contributed by atoms with E-state index in [9.17, 15) is 8.60 Å². The lowest BCUT2D eigenvalue weighted by atomic mass is 10.2. The van der Waals surface area contributed by atoms with Crippen LogP contribution in [0.3, 0.4) is 0 Å². The van der Waals surface area contributed by atoms with Crippen LogP contribution in [-0.2, 0) is 23.0 Å². The standard InChI is InChI=1S/C16H17FO2S/c1-19-16-8-7-15(17)11-14(16)12-20(18)10-9-13-5-3-2-4-6-13/h2-8,11H,9-10,12H2,1H3. The summed E-state index contributed by atoms with van der Waals surface area (Å²) in [5.41, 5.74) is 1.81. The summed E-state index contributed by atoms with van der Waals surface area (Å²) >= 11 is 0. The number of halogens is 1. The molecule has 0 saturated carbocycles. The summed E-state index contributed by atoms with van der Waals surface area (Å²) in [5.74, 6) is 1.12. The molecule has 0 aliphatic rings. The van der Waals surface area contributed by atoms with E-state index in [-0.39, 0.29) is 5.82 Å². The van der Waals surface area contributed by atoms with E-state index in [1.165, 1.54) is 19.2 Å². The van der Waals surface area contributed by atoms with Crippen LogP contribution in [0.5, 0.6) is 5.75 Å². The van der Waals surface area contributed by atoms with Crippen LogP contribution in [0.4, 0.5) is 4.39 Å². The van der Waals surface area contributed by atoms with E-state index in [0.29, 0.717) is 22.8 Å². The predicted molar refractivity (Wildman–Crippen MR) is 79.8 cm³/mol. The Bertz CT molecular complexity index is 584. The fourth-order valence-electron chi connectivity index (χ4n) is 1.98. The lowest BCUT2D eigenvalue weighted by molar-refractivity contribution is 0.410. The second kappa shape index (κ2) is 7.20. The van der Waals surface area contributed by atoms with Crippen molar-refractivity contribution >= 4 is 10.8 Å². The molecule has 0 aromatic heterocycles. The Morgan fingerprint density at radius 1 is 1.15 bits per heavy atom. The van der Waals surface area contributed by atoms with Crippen molar-refractivity contribution in [1.82, 2.24) is 0 Å². The van der Waals surface area contributed by atoms with Gasteiger partial charge in [-0.3, -0.25) is 4.21 Å². The summed E-state index contributed by atoms with van der Waals surface area (Å²) in [5, 5.41) is 0. The number of hydrogen-bond donors (Lipinski definition) is 0. The smallest absolute Gasteiger partial charge is 0.123 e. The molecule has 0 aliphatic carbocycles. The van der Waals surface area contributed by atoms with Gasteiger partial charge < -0.3 is 4.74 Å². The maximum atomic E-state index is 13.2. The summed E-state index contributed by atoms with van der Waals surface area (Å²) in [6.07, 6.45) is 0.755. The third kappa shape index (κ3) is 4.17. The van der Waals surface area contributed by atoms with Gasteiger partial charge in [0.25, 0.3) is 0 Å². The van der Waals surface area contributed by atoms with Crippen molar-refractivity contribution in [3.8, 4) is 5.75 Å². The van der Waals surface area contributed by atoms with Crippen LogP contribution >= 0.6 is 0 Å². The molecule has 0 N–H and O–H groups in total. The van der Waals surface area contributed by atoms with Gasteiger partial charge in [-0.15, -0.1) is 0 Å². The van der Waals surface area contributed by atoms with Gasteiger partial charge in [0.05, 0.1) is 12.9 Å². The van der Waals surface area contributed by atoms with Gasteiger partial charge in [0.2, 0.25) is 0 Å². The monoisotopic (exact) mass is 292 g/mol. The minimum absolute atomic E-state index is 0.313. The summed E-state index contributed by atoms with van der Waals surface area (Å²) in [6, 6.07) is 14.2. The highest BCUT2D eigenvalue weighted by Crippen LogP contribution is 2.21. The normalized spacial score (nSPS) is 12.1. The number of ether oxygens (including phenoxy) is 1. The van der Waals surface area contributed by atoms with E-state index in [4.69, 9.17) is 4.74 Å². The van der Waals surface area contributed by atoms with Crippen molar-refractivity contribution < 1.29 is 13.3 Å². The van der Waals surface area contributed by atoms with Crippen LogP contribution < -0.4 is 4.74 Å². The zero-order valence-electron chi connectivity index (χ0n) is 11.3. The Labute approximate surface area is 121 Å². The van der Waals surface area contributed by atoms with E-state index in [1.54, 1.807) is 6.07 Å². The maximum Gasteiger partial charge on any atom is 0.123 e. The van der Waals surface area contributed by atoms with Gasteiger partial charge in [-0.25, -0.2) is 4.39 Å². The molecule has 4 heteroatoms. The Balaban J connectivity index is 1.96. The molecule has 2 aromatic rings. The van der Waals surface area contributed by atoms with Gasteiger partial charge >= 0.3 is 0 Å². The molecule has 106 valence electrons. The molecule has 0 radical (unpaired) electrons. The fourth-order valence-corrected chi connectivity index (χ4v) is 3.16. The minimum atomic E-state index is -1.04. The molecule has 0 saturated heterocycles. The van der Waals surface area contributed by atoms with Crippen LogP contribution in [0.1, 0.15) is 11.1 Å². The number of aryl methyl sites for hydroxylation is 1. The van der Waals surface area contributed by atoms with Crippen molar-refractivity contribution in [2.75, 3.05) is 12.9 Å². The molecule has 0 heterocycles. The molecule has 0 aliphatic heterocycles. The van der Waals surface area contributed by atoms with Gasteiger partial charge in [0.1, 0.15) is 11.6 Å². The summed E-state index contributed by atoms with van der Waals surface area (Å²) in [4.78, 5) is 0. The first kappa shape index (κ1) is 14.7. The van der Waals surface area contributed by atoms with E-state index in [1.807, 2.05) is 30.3 Å². The molecule has 2 nitrogen and oxygen atoms in total. The molecule has 1 atom stereocenters. The van der Waals surface area contributed by atoms with Gasteiger partial charge in [-0.2, -0.15) is 0 Å². The Kier molecular flexibility index (Phi) is 5.30. The number of methoxy groups -OCH3 is 1. The topological polar surface area (TPSA) is 26.3 Å². The molecular formula is C16H17FO2S. The second-order valence-corrected chi connectivity index (χ2v) is 6.06. The number of rotatable bonds is 6. The van der Waals surface area contributed by atoms with Crippen molar-refractivity contribution in [1.29, 1.82) is 0 Å². The maximum absolute atomic E-state index is 13.2. The van der Waals surface area contributed by atoms with Crippen LogP contribution in [0.25, 0.3) is 0 Å². The molecule has 2 rings (SSSR count). The summed E-state index contributed by atoms with van der Waals surface area (Å²) in [7, 11) is 0.493. The Morgan fingerprint density at radius 3 is 2.60 bits per heavy atom. The highest BCUT2D eigenvalue weighted by atomic mass is 32.2. The highest BCUT2D eigenvalue weighted by molar-refractivity contribution is 7.84. The zero-order valence-corrected chi connectivity index (χ0v) is 12.2. The van der Waals surface area contributed by atoms with Crippen molar-refractivity contribution in [3.63, 3.8) is 0 Å². The molecule has 2 aromatic carbocycles. The van der Waals surface area contributed by atoms with Gasteiger partial charge in [0.15, 0.2) is 0 Å². The summed E-state index contributed by atoms with van der Waals surface area (Å²) in [6.45, 7) is 0. The average Bonchev–Trinajstić information content (AvgIpc) is 2.46. The van der Waals surface area contributed by atoms with Crippen molar-refractivity contribution in [2.24, 2.45) is 0 Å². The van der Waals surface area contributed by atoms with E-state index in [0.717, 1.165) is 12.0 Å². The van der Waals surface area contributed by atoms with Gasteiger partial charge in [-0.1, -0.05) is 30.3 Å². The first-order valence-electron chi connectivity index (χ1n) is 6.40. The lowest BCUT2D eigenvalue weighted by Crippen LogP contribution is -2.05. The van der Waals surface area contributed by atoms with Crippen LogP contribution in [-0.4, -0.2) is 17.1 Å². The van der Waals surface area contributed by atoms with Crippen LogP contribution in [0, 0.1) is 5.82 Å². The predicted octanol–water partition coefficient (Wildman–Crippen LogP) is 3.33. The first-order valence-corrected chi connectivity index (χ1v) is 7.89. The molecule has 1 unspecified atom stereocenters. The number of hydrogen-bond acceptors (Lipinski definition) is 2. The molecular weight excluding hydrogens is 275 g/mol. The van der Waals surface area contributed by atoms with Crippen molar-refractivity contribution in [3.05, 3.63) is 65.5 Å². The largest absolute Gasteiger partial charge is 0.496 e. The van der Waals surface area contributed by atoms with Gasteiger partial charge in [-0.05, 0) is 30.2 Å². The zero-order chi connectivity index (χ0) is 14.4. The van der Waals surface area contributed by atoms with Gasteiger partial charge in [0, 0.05) is 22.1 Å². The summed E-state index contributed by atoms with van der Waals surface area (Å²) < 4.78 is 30.5. The fraction of sp³-hybridized carbons (Fsp3) is 0.250. The van der Waals surface area contributed by atoms with Crippen LogP contribution in [0.15, 0.2) is 48.5 Å². The SMILES string of the molecule is COc1ccc(F)cc1CS(=O)CCc1ccccc1. The average molecular weight is 292 g/mol. The van der Waals surface area contributed by atoms with Crippen molar-refractivity contribution in [2.45, 2.75) is 12.2 Å². The first-order chi connectivity index (χ1) is 9.69. The second-order valence-electron chi connectivity index (χ2n) is 4.48. The Morgan fingerprint density at radius 2 is 1.90 bits per heavy atom. The van der Waals surface area contributed by atoms with E-state index >= 15 is 0 Å². The molecule has 0 amide bonds. The van der Waals surface area contributed by atoms with E-state index < -0.39 is 10.8 Å². The molecule has 0 fully saturated rings. The molecule has 0 spiro atoms. The third-order valence-corrected chi connectivity index (χ3v) is 4.31.